The van der Waals surface area contributed by atoms with E-state index in [4.69, 9.17) is 9.84 Å². The summed E-state index contributed by atoms with van der Waals surface area (Å²) in [4.78, 5) is 53.0. The van der Waals surface area contributed by atoms with E-state index in [1.165, 1.54) is 15.8 Å². The van der Waals surface area contributed by atoms with Gasteiger partial charge in [0.25, 0.3) is 11.8 Å². The molecule has 0 aliphatic carbocycles. The molecule has 2 aromatic carbocycles. The van der Waals surface area contributed by atoms with Crippen LogP contribution in [0.5, 0.6) is 5.75 Å². The fourth-order valence-electron chi connectivity index (χ4n) is 4.57. The van der Waals surface area contributed by atoms with Gasteiger partial charge in [0.1, 0.15) is 36.3 Å². The second kappa shape index (κ2) is 14.4. The van der Waals surface area contributed by atoms with Crippen LogP contribution < -0.4 is 20.5 Å². The Morgan fingerprint density at radius 1 is 1.13 bits per heavy atom. The van der Waals surface area contributed by atoms with Gasteiger partial charge in [-0.2, -0.15) is 0 Å². The number of halogens is 3. The Labute approximate surface area is 256 Å². The van der Waals surface area contributed by atoms with Crippen molar-refractivity contribution in [3.8, 4) is 5.75 Å². The molecule has 2 N–H and O–H groups in total. The zero-order valence-corrected chi connectivity index (χ0v) is 24.3. The van der Waals surface area contributed by atoms with Gasteiger partial charge in [0.05, 0.1) is 6.04 Å². The number of aromatic nitrogens is 1. The van der Waals surface area contributed by atoms with E-state index in [1.54, 1.807) is 54.4 Å². The Bertz CT molecular complexity index is 1670. The fraction of sp³-hybridized carbons (Fsp3) is 0.250. The topological polar surface area (TPSA) is 121 Å². The number of fused-ring (bicyclic) bond motifs is 1. The fourth-order valence-corrected chi connectivity index (χ4v) is 4.57. The van der Waals surface area contributed by atoms with Crippen LogP contribution in [-0.2, 0) is 17.9 Å². The van der Waals surface area contributed by atoms with Crippen molar-refractivity contribution >= 4 is 17.8 Å². The van der Waals surface area contributed by atoms with Crippen LogP contribution in [-0.4, -0.2) is 45.2 Å². The van der Waals surface area contributed by atoms with E-state index < -0.39 is 70.1 Å². The molecular formula is C32H31F3N4O6. The van der Waals surface area contributed by atoms with Crippen LogP contribution in [0.1, 0.15) is 58.2 Å². The molecule has 2 heterocycles. The van der Waals surface area contributed by atoms with Crippen LogP contribution >= 0.6 is 0 Å². The van der Waals surface area contributed by atoms with Gasteiger partial charge in [0.15, 0.2) is 11.4 Å². The number of hydrogen-bond donors (Lipinski definition) is 2. The smallest absolute Gasteiger partial charge is 0.303 e. The number of ether oxygens (including phenoxy) is 1. The highest BCUT2D eigenvalue weighted by Gasteiger charge is 2.36. The van der Waals surface area contributed by atoms with Gasteiger partial charge in [-0.25, -0.2) is 13.2 Å². The van der Waals surface area contributed by atoms with Crippen molar-refractivity contribution in [2.45, 2.75) is 45.4 Å². The Morgan fingerprint density at radius 2 is 1.82 bits per heavy atom. The maximum atomic E-state index is 14.2. The van der Waals surface area contributed by atoms with Crippen LogP contribution in [0.15, 0.2) is 78.4 Å². The largest absolute Gasteiger partial charge is 0.482 e. The zero-order chi connectivity index (χ0) is 32.7. The first kappa shape index (κ1) is 32.6. The lowest BCUT2D eigenvalue weighted by Crippen LogP contribution is -2.56. The number of aliphatic carboxylic acids is 1. The van der Waals surface area contributed by atoms with Crippen LogP contribution in [0.4, 0.5) is 13.2 Å². The van der Waals surface area contributed by atoms with E-state index in [-0.39, 0.29) is 25.4 Å². The number of nitrogens with one attached hydrogen (secondary N) is 1. The van der Waals surface area contributed by atoms with Crippen LogP contribution in [0.25, 0.3) is 0 Å². The second-order valence-electron chi connectivity index (χ2n) is 10.2. The molecule has 13 heteroatoms. The third kappa shape index (κ3) is 7.61. The minimum absolute atomic E-state index is 0.0392. The number of carboxylic acid groups (broad SMARTS) is 1. The molecule has 0 bridgehead atoms. The maximum Gasteiger partial charge on any atom is 0.303 e. The second-order valence-corrected chi connectivity index (χ2v) is 10.2. The molecule has 2 amide bonds. The molecule has 1 aromatic heterocycles. The number of unbranched alkanes of at least 4 members (excludes halogenated alkanes) is 1. The number of allylic oxidation sites excluding steroid dienone is 1. The van der Waals surface area contributed by atoms with E-state index >= 15 is 0 Å². The SMILES string of the molecule is C=CC(C)N1CN(C=CCCCC(=O)O)C(=O)c2c(OCc3ccccc3)c(=O)c(C(=O)NCc3c(F)cc(F)cc3F)cn21. The molecule has 0 spiro atoms. The number of hydrogen-bond acceptors (Lipinski definition) is 6. The van der Waals surface area contributed by atoms with E-state index in [2.05, 4.69) is 11.9 Å². The molecule has 1 aliphatic rings. The van der Waals surface area contributed by atoms with Gasteiger partial charge in [0.2, 0.25) is 5.43 Å². The molecule has 3 aromatic rings. The highest BCUT2D eigenvalue weighted by Crippen LogP contribution is 2.25. The molecule has 45 heavy (non-hydrogen) atoms. The number of amides is 2. The lowest BCUT2D eigenvalue weighted by atomic mass is 10.1. The predicted octanol–water partition coefficient (Wildman–Crippen LogP) is 4.47. The third-order valence-electron chi connectivity index (χ3n) is 7.04. The van der Waals surface area contributed by atoms with Crippen molar-refractivity contribution in [2.24, 2.45) is 0 Å². The van der Waals surface area contributed by atoms with E-state index in [0.717, 1.165) is 6.20 Å². The minimum Gasteiger partial charge on any atom is -0.482 e. The Hall–Kier alpha value is -5.33. The first-order chi connectivity index (χ1) is 21.5. The van der Waals surface area contributed by atoms with Crippen molar-refractivity contribution in [2.75, 3.05) is 11.7 Å². The minimum atomic E-state index is -1.21. The summed E-state index contributed by atoms with van der Waals surface area (Å²) in [5.41, 5.74) is -1.54. The van der Waals surface area contributed by atoms with E-state index in [0.29, 0.717) is 30.5 Å². The van der Waals surface area contributed by atoms with Gasteiger partial charge in [-0.1, -0.05) is 42.5 Å². The molecule has 10 nitrogen and oxygen atoms in total. The van der Waals surface area contributed by atoms with Gasteiger partial charge in [-0.15, -0.1) is 6.58 Å². The summed E-state index contributed by atoms with van der Waals surface area (Å²) in [6, 6.07) is 9.29. The quantitative estimate of drug-likeness (QED) is 0.213. The average Bonchev–Trinajstić information content (AvgIpc) is 3.00. The van der Waals surface area contributed by atoms with Gasteiger partial charge < -0.3 is 15.2 Å². The number of pyridine rings is 1. The lowest BCUT2D eigenvalue weighted by Gasteiger charge is -2.41. The highest BCUT2D eigenvalue weighted by molar-refractivity contribution is 5.99. The van der Waals surface area contributed by atoms with E-state index in [1.807, 2.05) is 0 Å². The lowest BCUT2D eigenvalue weighted by molar-refractivity contribution is -0.137. The van der Waals surface area contributed by atoms with Crippen molar-refractivity contribution < 1.29 is 37.4 Å². The van der Waals surface area contributed by atoms with Gasteiger partial charge in [-0.3, -0.25) is 33.8 Å². The molecule has 4 rings (SSSR count). The van der Waals surface area contributed by atoms with Crippen molar-refractivity contribution in [3.05, 3.63) is 124 Å². The molecule has 0 saturated heterocycles. The summed E-state index contributed by atoms with van der Waals surface area (Å²) in [5, 5.41) is 12.8. The number of nitrogens with zero attached hydrogens (tertiary/aromatic N) is 3. The molecule has 1 atom stereocenters. The number of benzene rings is 2. The van der Waals surface area contributed by atoms with E-state index in [9.17, 15) is 32.3 Å². The number of carboxylic acids is 1. The van der Waals surface area contributed by atoms with Crippen molar-refractivity contribution in [3.63, 3.8) is 0 Å². The molecular weight excluding hydrogens is 593 g/mol. The van der Waals surface area contributed by atoms with Crippen LogP contribution in [0, 0.1) is 17.5 Å². The average molecular weight is 625 g/mol. The first-order valence-electron chi connectivity index (χ1n) is 14.0. The first-order valence-corrected chi connectivity index (χ1v) is 14.0. The molecule has 1 unspecified atom stereocenters. The Morgan fingerprint density at radius 3 is 2.47 bits per heavy atom. The number of rotatable bonds is 13. The van der Waals surface area contributed by atoms with Gasteiger partial charge >= 0.3 is 5.97 Å². The summed E-state index contributed by atoms with van der Waals surface area (Å²) in [6.07, 6.45) is 6.55. The molecule has 0 saturated carbocycles. The summed E-state index contributed by atoms with van der Waals surface area (Å²) in [5.74, 6) is -6.56. The Balaban J connectivity index is 1.76. The molecule has 1 aliphatic heterocycles. The molecule has 0 radical (unpaired) electrons. The molecule has 236 valence electrons. The maximum absolute atomic E-state index is 14.2. The number of carbonyl (C=O) groups excluding carboxylic acids is 2. The summed E-state index contributed by atoms with van der Waals surface area (Å²) in [7, 11) is 0. The van der Waals surface area contributed by atoms with Crippen LogP contribution in [0.3, 0.4) is 0 Å². The van der Waals surface area contributed by atoms with Gasteiger partial charge in [0, 0.05) is 43.1 Å². The summed E-state index contributed by atoms with van der Waals surface area (Å²) < 4.78 is 49.0. The standard InChI is InChI=1S/C32H31F3N4O6/c1-3-20(2)39-19-37(13-9-5-8-12-27(40)41)32(44)28-30(45-18-21-10-6-4-7-11-21)29(42)24(17-38(28)39)31(43)36-16-23-25(34)14-22(33)15-26(23)35/h3-4,6-7,9-11,13-15,17,20H,1,5,8,12,16,18-19H2,2H3,(H,36,43)(H,40,41). The summed E-state index contributed by atoms with van der Waals surface area (Å²) >= 11 is 0. The van der Waals surface area contributed by atoms with Crippen molar-refractivity contribution in [1.82, 2.24) is 14.9 Å². The Kier molecular flexibility index (Phi) is 10.4. The number of carbonyl (C=O) groups is 3. The molecule has 0 fully saturated rings. The zero-order valence-electron chi connectivity index (χ0n) is 24.3. The predicted molar refractivity (Wildman–Crippen MR) is 159 cm³/mol. The van der Waals surface area contributed by atoms with Crippen molar-refractivity contribution in [1.29, 1.82) is 0 Å². The van der Waals surface area contributed by atoms with Gasteiger partial charge in [-0.05, 0) is 25.3 Å². The normalized spacial score (nSPS) is 13.5. The summed E-state index contributed by atoms with van der Waals surface area (Å²) in [6.45, 7) is 4.72. The van der Waals surface area contributed by atoms with Crippen LogP contribution in [0.2, 0.25) is 0 Å². The third-order valence-corrected chi connectivity index (χ3v) is 7.04. The monoisotopic (exact) mass is 624 g/mol. The highest BCUT2D eigenvalue weighted by atomic mass is 19.1.